The predicted octanol–water partition coefficient (Wildman–Crippen LogP) is 5.54. The minimum absolute atomic E-state index is 1.06. The summed E-state index contributed by atoms with van der Waals surface area (Å²) in [6, 6.07) is 16.9. The molecule has 2 aromatic carbocycles. The van der Waals surface area contributed by atoms with Gasteiger partial charge >= 0.3 is 0 Å². The highest BCUT2D eigenvalue weighted by Crippen LogP contribution is 2.38. The second kappa shape index (κ2) is 5.33. The molecule has 0 spiro atoms. The van der Waals surface area contributed by atoms with Crippen LogP contribution in [-0.4, -0.2) is 0 Å². The van der Waals surface area contributed by atoms with E-state index < -0.39 is 0 Å². The maximum absolute atomic E-state index is 4.16. The van der Waals surface area contributed by atoms with Crippen molar-refractivity contribution in [1.29, 1.82) is 0 Å². The number of hydrogen-bond donors (Lipinski definition) is 0. The summed E-state index contributed by atoms with van der Waals surface area (Å²) in [6.45, 7) is 4.16. The zero-order valence-electron chi connectivity index (χ0n) is 10.5. The van der Waals surface area contributed by atoms with E-state index in [0.29, 0.717) is 0 Å². The molecule has 2 aromatic rings. The summed E-state index contributed by atoms with van der Waals surface area (Å²) in [4.78, 5) is 1.28. The van der Waals surface area contributed by atoms with Crippen LogP contribution in [0.5, 0.6) is 0 Å². The van der Waals surface area contributed by atoms with E-state index in [0.717, 1.165) is 5.57 Å². The maximum Gasteiger partial charge on any atom is 0.0273 e. The first-order valence-electron chi connectivity index (χ1n) is 6.24. The van der Waals surface area contributed by atoms with Crippen molar-refractivity contribution in [3.63, 3.8) is 0 Å². The van der Waals surface area contributed by atoms with Crippen molar-refractivity contribution >= 4 is 17.3 Å². The Bertz CT molecular complexity index is 663. The van der Waals surface area contributed by atoms with E-state index in [9.17, 15) is 0 Å². The van der Waals surface area contributed by atoms with Crippen LogP contribution in [0.4, 0.5) is 0 Å². The first-order chi connectivity index (χ1) is 9.36. The minimum atomic E-state index is 1.06. The summed E-state index contributed by atoms with van der Waals surface area (Å²) in [5.74, 6) is 0. The van der Waals surface area contributed by atoms with Crippen LogP contribution in [0.15, 0.2) is 83.6 Å². The van der Waals surface area contributed by atoms with Crippen LogP contribution in [0.2, 0.25) is 0 Å². The van der Waals surface area contributed by atoms with Crippen LogP contribution < -0.4 is 0 Å². The molecular weight excluding hydrogens is 248 g/mol. The normalized spacial score (nSPS) is 17.2. The largest absolute Gasteiger partial charge is 0.0968 e. The number of thioether (sulfide) groups is 1. The van der Waals surface area contributed by atoms with Crippen molar-refractivity contribution in [2.75, 3.05) is 0 Å². The molecular formula is C18H14S. The Labute approximate surface area is 118 Å². The molecule has 0 aliphatic carbocycles. The highest BCUT2D eigenvalue weighted by Gasteiger charge is 2.11. The van der Waals surface area contributed by atoms with Crippen LogP contribution >= 0.6 is 11.8 Å². The summed E-state index contributed by atoms with van der Waals surface area (Å²) in [6.07, 6.45) is 6.15. The Morgan fingerprint density at radius 1 is 0.789 bits per heavy atom. The van der Waals surface area contributed by atoms with Crippen LogP contribution in [0, 0.1) is 0 Å². The van der Waals surface area contributed by atoms with E-state index >= 15 is 0 Å². The molecule has 0 fully saturated rings. The topological polar surface area (TPSA) is 0 Å². The monoisotopic (exact) mass is 262 g/mol. The van der Waals surface area contributed by atoms with Crippen molar-refractivity contribution < 1.29 is 0 Å². The van der Waals surface area contributed by atoms with Crippen LogP contribution in [-0.2, 0) is 0 Å². The molecule has 0 bridgehead atoms. The predicted molar refractivity (Wildman–Crippen MR) is 85.0 cm³/mol. The lowest BCUT2D eigenvalue weighted by molar-refractivity contribution is 1.40. The number of fused-ring (bicyclic) bond motifs is 1. The zero-order chi connectivity index (χ0) is 13.1. The lowest BCUT2D eigenvalue weighted by Crippen LogP contribution is -1.89. The molecule has 0 amide bonds. The van der Waals surface area contributed by atoms with Gasteiger partial charge in [0.1, 0.15) is 0 Å². The summed E-state index contributed by atoms with van der Waals surface area (Å²) >= 11 is 1.76. The summed E-state index contributed by atoms with van der Waals surface area (Å²) in [7, 11) is 0. The molecule has 1 aliphatic rings. The Balaban J connectivity index is 2.21. The van der Waals surface area contributed by atoms with E-state index in [1.807, 2.05) is 12.1 Å². The van der Waals surface area contributed by atoms with Gasteiger partial charge in [-0.1, -0.05) is 85.1 Å². The summed E-state index contributed by atoms with van der Waals surface area (Å²) < 4.78 is 0. The summed E-state index contributed by atoms with van der Waals surface area (Å²) in [5.41, 5.74) is 4.79. The van der Waals surface area contributed by atoms with Crippen molar-refractivity contribution in [1.82, 2.24) is 0 Å². The van der Waals surface area contributed by atoms with Gasteiger partial charge in [-0.2, -0.15) is 0 Å². The molecule has 92 valence electrons. The number of benzene rings is 2. The third kappa shape index (κ3) is 2.42. The third-order valence-electron chi connectivity index (χ3n) is 3.12. The molecule has 19 heavy (non-hydrogen) atoms. The Morgan fingerprint density at radius 2 is 1.58 bits per heavy atom. The smallest absolute Gasteiger partial charge is 0.0273 e. The molecule has 1 aliphatic heterocycles. The highest BCUT2D eigenvalue weighted by molar-refractivity contribution is 8.02. The standard InChI is InChI=1S/C18H14S/c1-14-8-5-6-13-19-18-16(14)11-7-12-17(18)15-9-3-2-4-10-15/h2-13H,1H2/b8-5-,13-6-. The minimum Gasteiger partial charge on any atom is -0.0968 e. The Kier molecular flexibility index (Phi) is 3.39. The lowest BCUT2D eigenvalue weighted by Gasteiger charge is -2.14. The molecule has 3 rings (SSSR count). The quantitative estimate of drug-likeness (QED) is 0.650. The maximum atomic E-state index is 4.16. The molecule has 1 heterocycles. The van der Waals surface area contributed by atoms with Crippen molar-refractivity contribution in [2.45, 2.75) is 4.90 Å². The van der Waals surface area contributed by atoms with Crippen LogP contribution in [0.3, 0.4) is 0 Å². The van der Waals surface area contributed by atoms with Gasteiger partial charge in [-0.25, -0.2) is 0 Å². The van der Waals surface area contributed by atoms with Crippen molar-refractivity contribution in [2.24, 2.45) is 0 Å². The van der Waals surface area contributed by atoms with Crippen LogP contribution in [0.25, 0.3) is 16.7 Å². The molecule has 0 N–H and O–H groups in total. The van der Waals surface area contributed by atoms with Gasteiger partial charge in [-0.3, -0.25) is 0 Å². The fraction of sp³-hybridized carbons (Fsp3) is 0. The van der Waals surface area contributed by atoms with Gasteiger partial charge in [0.15, 0.2) is 0 Å². The van der Waals surface area contributed by atoms with Gasteiger partial charge < -0.3 is 0 Å². The Morgan fingerprint density at radius 3 is 2.42 bits per heavy atom. The zero-order valence-corrected chi connectivity index (χ0v) is 11.4. The average molecular weight is 262 g/mol. The van der Waals surface area contributed by atoms with Gasteiger partial charge in [0.25, 0.3) is 0 Å². The van der Waals surface area contributed by atoms with E-state index in [4.69, 9.17) is 0 Å². The SMILES string of the molecule is C=C1/C=C\C=C/Sc2c1cccc2-c1ccccc1. The molecule has 0 saturated heterocycles. The second-order valence-corrected chi connectivity index (χ2v) is 5.30. The molecule has 0 aromatic heterocycles. The van der Waals surface area contributed by atoms with Crippen molar-refractivity contribution in [3.05, 3.63) is 84.3 Å². The van der Waals surface area contributed by atoms with Crippen LogP contribution in [0.1, 0.15) is 5.56 Å². The molecule has 0 unspecified atom stereocenters. The lowest BCUT2D eigenvalue weighted by atomic mass is 9.99. The van der Waals surface area contributed by atoms with E-state index in [1.54, 1.807) is 11.8 Å². The van der Waals surface area contributed by atoms with E-state index in [-0.39, 0.29) is 0 Å². The van der Waals surface area contributed by atoms with E-state index in [2.05, 4.69) is 66.6 Å². The summed E-state index contributed by atoms with van der Waals surface area (Å²) in [5, 5.41) is 2.12. The van der Waals surface area contributed by atoms with E-state index in [1.165, 1.54) is 21.6 Å². The van der Waals surface area contributed by atoms with Gasteiger partial charge in [0.05, 0.1) is 0 Å². The van der Waals surface area contributed by atoms with Gasteiger partial charge in [-0.15, -0.1) is 0 Å². The third-order valence-corrected chi connectivity index (χ3v) is 4.09. The van der Waals surface area contributed by atoms with Gasteiger partial charge in [0.2, 0.25) is 0 Å². The first kappa shape index (κ1) is 12.1. The highest BCUT2D eigenvalue weighted by atomic mass is 32.2. The first-order valence-corrected chi connectivity index (χ1v) is 7.12. The fourth-order valence-corrected chi connectivity index (χ4v) is 3.12. The van der Waals surface area contributed by atoms with Gasteiger partial charge in [-0.05, 0) is 27.7 Å². The molecule has 0 atom stereocenters. The molecule has 0 nitrogen and oxygen atoms in total. The fourth-order valence-electron chi connectivity index (χ4n) is 2.18. The van der Waals surface area contributed by atoms with Gasteiger partial charge in [0, 0.05) is 4.90 Å². The molecule has 1 heteroatoms. The average Bonchev–Trinajstić information content (AvgIpc) is 2.45. The number of allylic oxidation sites excluding steroid dienone is 4. The molecule has 0 saturated carbocycles. The number of hydrogen-bond acceptors (Lipinski definition) is 1. The van der Waals surface area contributed by atoms with Crippen molar-refractivity contribution in [3.8, 4) is 11.1 Å². The number of rotatable bonds is 1. The molecule has 0 radical (unpaired) electrons. The Hall–Kier alpha value is -1.99. The second-order valence-electron chi connectivity index (χ2n) is 4.38.